The molecule has 0 heterocycles. The third-order valence-electron chi connectivity index (χ3n) is 3.46. The molecule has 0 radical (unpaired) electrons. The molecule has 0 fully saturated rings. The second-order valence-electron chi connectivity index (χ2n) is 5.32. The summed E-state index contributed by atoms with van der Waals surface area (Å²) in [5.41, 5.74) is -1.17. The minimum absolute atomic E-state index is 0.104. The van der Waals surface area contributed by atoms with Gasteiger partial charge in [-0.05, 0) is 32.1 Å². The Morgan fingerprint density at radius 3 is 1.63 bits per heavy atom. The molecule has 0 aromatic heterocycles. The monoisotopic (exact) mass is 272 g/mol. The Labute approximate surface area is 116 Å². The second-order valence-corrected chi connectivity index (χ2v) is 5.32. The van der Waals surface area contributed by atoms with Crippen molar-refractivity contribution in [2.24, 2.45) is 17.3 Å². The van der Waals surface area contributed by atoms with Crippen LogP contribution in [0.4, 0.5) is 0 Å². The average molecular weight is 272 g/mol. The molecule has 4 heteroatoms. The normalized spacial score (nSPS) is 13.2. The number of carbonyl (C=O) groups excluding carboxylic acids is 2. The lowest BCUT2D eigenvalue weighted by Crippen LogP contribution is -2.47. The number of carbonyl (C=O) groups is 2. The van der Waals surface area contributed by atoms with Crippen molar-refractivity contribution in [3.05, 3.63) is 0 Å². The summed E-state index contributed by atoms with van der Waals surface area (Å²) in [5, 5.41) is 0. The van der Waals surface area contributed by atoms with E-state index in [0.29, 0.717) is 6.42 Å². The van der Waals surface area contributed by atoms with Crippen LogP contribution in [0.25, 0.3) is 0 Å². The fourth-order valence-corrected chi connectivity index (χ4v) is 2.37. The topological polar surface area (TPSA) is 52.6 Å². The van der Waals surface area contributed by atoms with Crippen molar-refractivity contribution >= 4 is 11.9 Å². The molecular weight excluding hydrogens is 244 g/mol. The van der Waals surface area contributed by atoms with Crippen molar-refractivity contribution in [3.63, 3.8) is 0 Å². The van der Waals surface area contributed by atoms with Gasteiger partial charge in [-0.2, -0.15) is 0 Å². The molecule has 0 bridgehead atoms. The summed E-state index contributed by atoms with van der Waals surface area (Å²) >= 11 is 0. The predicted octanol–water partition coefficient (Wildman–Crippen LogP) is 3.19. The second kappa shape index (κ2) is 8.18. The average Bonchev–Trinajstić information content (AvgIpc) is 2.35. The van der Waals surface area contributed by atoms with E-state index in [1.807, 2.05) is 27.7 Å². The Morgan fingerprint density at radius 2 is 1.37 bits per heavy atom. The van der Waals surface area contributed by atoms with Crippen molar-refractivity contribution < 1.29 is 19.1 Å². The molecular formula is C15H28O4. The first-order valence-electron chi connectivity index (χ1n) is 7.21. The highest BCUT2D eigenvalue weighted by molar-refractivity contribution is 6.00. The number of hydrogen-bond acceptors (Lipinski definition) is 4. The van der Waals surface area contributed by atoms with Crippen LogP contribution >= 0.6 is 0 Å². The SMILES string of the molecule is CCOC(=O)C(CC(C)C)(C(=O)OCC)C(C)CC. The van der Waals surface area contributed by atoms with Crippen LogP contribution in [0.5, 0.6) is 0 Å². The molecule has 0 aliphatic heterocycles. The Bertz CT molecular complexity index is 279. The van der Waals surface area contributed by atoms with Gasteiger partial charge in [0.05, 0.1) is 13.2 Å². The van der Waals surface area contributed by atoms with Gasteiger partial charge in [0.2, 0.25) is 0 Å². The van der Waals surface area contributed by atoms with Crippen LogP contribution < -0.4 is 0 Å². The summed E-state index contributed by atoms with van der Waals surface area (Å²) in [7, 11) is 0. The van der Waals surface area contributed by atoms with Gasteiger partial charge < -0.3 is 9.47 Å². The zero-order valence-electron chi connectivity index (χ0n) is 13.1. The van der Waals surface area contributed by atoms with E-state index >= 15 is 0 Å². The standard InChI is InChI=1S/C15H28O4/c1-7-12(6)15(10-11(4)5,13(16)18-8-2)14(17)19-9-3/h11-12H,7-10H2,1-6H3. The fraction of sp³-hybridized carbons (Fsp3) is 0.867. The number of ether oxygens (including phenoxy) is 2. The van der Waals surface area contributed by atoms with Gasteiger partial charge in [-0.25, -0.2) is 0 Å². The maximum atomic E-state index is 12.4. The highest BCUT2D eigenvalue weighted by atomic mass is 16.6. The van der Waals surface area contributed by atoms with Gasteiger partial charge in [-0.1, -0.05) is 34.1 Å². The van der Waals surface area contributed by atoms with Gasteiger partial charge in [-0.15, -0.1) is 0 Å². The molecule has 4 nitrogen and oxygen atoms in total. The Balaban J connectivity index is 5.56. The molecule has 0 aromatic carbocycles. The Morgan fingerprint density at radius 1 is 0.947 bits per heavy atom. The largest absolute Gasteiger partial charge is 0.465 e. The van der Waals surface area contributed by atoms with E-state index in [4.69, 9.17) is 9.47 Å². The molecule has 0 saturated carbocycles. The lowest BCUT2D eigenvalue weighted by atomic mass is 9.69. The predicted molar refractivity (Wildman–Crippen MR) is 74.6 cm³/mol. The van der Waals surface area contributed by atoms with E-state index in [9.17, 15) is 9.59 Å². The van der Waals surface area contributed by atoms with Crippen LogP contribution in [0, 0.1) is 17.3 Å². The number of esters is 2. The minimum Gasteiger partial charge on any atom is -0.465 e. The molecule has 112 valence electrons. The molecule has 0 aromatic rings. The van der Waals surface area contributed by atoms with Crippen molar-refractivity contribution in [2.75, 3.05) is 13.2 Å². The first-order chi connectivity index (χ1) is 8.86. The molecule has 0 aliphatic carbocycles. The van der Waals surface area contributed by atoms with E-state index in [-0.39, 0.29) is 25.0 Å². The van der Waals surface area contributed by atoms with Crippen LogP contribution in [-0.2, 0) is 19.1 Å². The Hall–Kier alpha value is -1.06. The molecule has 0 saturated heterocycles. The molecule has 19 heavy (non-hydrogen) atoms. The molecule has 0 amide bonds. The molecule has 0 spiro atoms. The number of hydrogen-bond donors (Lipinski definition) is 0. The maximum Gasteiger partial charge on any atom is 0.323 e. The van der Waals surface area contributed by atoms with E-state index in [0.717, 1.165) is 6.42 Å². The first kappa shape index (κ1) is 17.9. The van der Waals surface area contributed by atoms with Gasteiger partial charge in [0, 0.05) is 0 Å². The third kappa shape index (κ3) is 4.22. The quantitative estimate of drug-likeness (QED) is 0.503. The zero-order chi connectivity index (χ0) is 15.1. The summed E-state index contributed by atoms with van der Waals surface area (Å²) < 4.78 is 10.3. The van der Waals surface area contributed by atoms with Crippen molar-refractivity contribution in [3.8, 4) is 0 Å². The summed E-state index contributed by atoms with van der Waals surface area (Å²) in [6.07, 6.45) is 1.18. The summed E-state index contributed by atoms with van der Waals surface area (Å²) in [6, 6.07) is 0. The van der Waals surface area contributed by atoms with Crippen LogP contribution in [-0.4, -0.2) is 25.2 Å². The summed E-state index contributed by atoms with van der Waals surface area (Å²) in [6.45, 7) is 11.9. The van der Waals surface area contributed by atoms with Crippen molar-refractivity contribution in [1.29, 1.82) is 0 Å². The van der Waals surface area contributed by atoms with Gasteiger partial charge >= 0.3 is 11.9 Å². The number of rotatable bonds is 8. The van der Waals surface area contributed by atoms with Crippen molar-refractivity contribution in [2.45, 2.75) is 54.4 Å². The van der Waals surface area contributed by atoms with Crippen LogP contribution in [0.1, 0.15) is 54.4 Å². The zero-order valence-corrected chi connectivity index (χ0v) is 13.1. The van der Waals surface area contributed by atoms with E-state index in [1.165, 1.54) is 0 Å². The molecule has 0 aliphatic rings. The lowest BCUT2D eigenvalue weighted by molar-refractivity contribution is -0.178. The highest BCUT2D eigenvalue weighted by Gasteiger charge is 2.52. The third-order valence-corrected chi connectivity index (χ3v) is 3.46. The van der Waals surface area contributed by atoms with Crippen LogP contribution in [0.15, 0.2) is 0 Å². The Kier molecular flexibility index (Phi) is 7.72. The van der Waals surface area contributed by atoms with Gasteiger partial charge in [0.15, 0.2) is 5.41 Å². The lowest BCUT2D eigenvalue weighted by Gasteiger charge is -2.35. The molecule has 0 rings (SSSR count). The summed E-state index contributed by atoms with van der Waals surface area (Å²) in [5.74, 6) is -0.788. The van der Waals surface area contributed by atoms with E-state index in [1.54, 1.807) is 13.8 Å². The summed E-state index contributed by atoms with van der Waals surface area (Å²) in [4.78, 5) is 24.8. The van der Waals surface area contributed by atoms with E-state index in [2.05, 4.69) is 0 Å². The van der Waals surface area contributed by atoms with Crippen LogP contribution in [0.3, 0.4) is 0 Å². The van der Waals surface area contributed by atoms with Crippen molar-refractivity contribution in [1.82, 2.24) is 0 Å². The van der Waals surface area contributed by atoms with Gasteiger partial charge in [0.1, 0.15) is 0 Å². The molecule has 1 unspecified atom stereocenters. The van der Waals surface area contributed by atoms with Gasteiger partial charge in [-0.3, -0.25) is 9.59 Å². The smallest absolute Gasteiger partial charge is 0.323 e. The molecule has 1 atom stereocenters. The fourth-order valence-electron chi connectivity index (χ4n) is 2.37. The van der Waals surface area contributed by atoms with E-state index < -0.39 is 17.4 Å². The molecule has 0 N–H and O–H groups in total. The van der Waals surface area contributed by atoms with Crippen LogP contribution in [0.2, 0.25) is 0 Å². The van der Waals surface area contributed by atoms with Gasteiger partial charge in [0.25, 0.3) is 0 Å². The highest BCUT2D eigenvalue weighted by Crippen LogP contribution is 2.39. The minimum atomic E-state index is -1.17. The maximum absolute atomic E-state index is 12.4. The first-order valence-corrected chi connectivity index (χ1v) is 7.21.